The molecule has 5 nitrogen and oxygen atoms in total. The minimum absolute atomic E-state index is 0.183. The number of carboxylic acids is 1. The number of pyridine rings is 1. The molecule has 6 heteroatoms. The molecule has 2 heterocycles. The molecule has 1 atom stereocenters. The summed E-state index contributed by atoms with van der Waals surface area (Å²) < 4.78 is 6.54. The van der Waals surface area contributed by atoms with Crippen molar-refractivity contribution in [1.82, 2.24) is 4.98 Å². The van der Waals surface area contributed by atoms with Crippen molar-refractivity contribution in [2.75, 3.05) is 18.0 Å². The van der Waals surface area contributed by atoms with Gasteiger partial charge in [-0.1, -0.05) is 13.8 Å². The first kappa shape index (κ1) is 19.2. The van der Waals surface area contributed by atoms with E-state index in [1.807, 2.05) is 20.8 Å². The molecule has 0 amide bonds. The number of nitrogens with zero attached hydrogens (tertiary/aromatic N) is 2. The fourth-order valence-corrected chi connectivity index (χ4v) is 3.64. The van der Waals surface area contributed by atoms with Gasteiger partial charge in [0.15, 0.2) is 6.10 Å². The van der Waals surface area contributed by atoms with E-state index in [-0.39, 0.29) is 6.10 Å². The summed E-state index contributed by atoms with van der Waals surface area (Å²) in [5.74, 6) is -0.981. The quantitative estimate of drug-likeness (QED) is 0.799. The number of halogens is 1. The molecule has 134 valence electrons. The second-order valence-electron chi connectivity index (χ2n) is 7.51. The standard InChI is InChI=1S/C18H27BrN2O3/c1-11(2)24-16(17(22)23)14-12(3)20-10-13(19)15(14)21-8-6-18(4,5)7-9-21/h10-11,16H,6-9H2,1-5H3,(H,22,23)/t16-/m0/s1. The van der Waals surface area contributed by atoms with Crippen LogP contribution in [0.25, 0.3) is 0 Å². The van der Waals surface area contributed by atoms with Gasteiger partial charge in [-0.15, -0.1) is 0 Å². The fraction of sp³-hybridized carbons (Fsp3) is 0.667. The first-order valence-electron chi connectivity index (χ1n) is 8.40. The van der Waals surface area contributed by atoms with Crippen LogP contribution >= 0.6 is 15.9 Å². The smallest absolute Gasteiger partial charge is 0.337 e. The lowest BCUT2D eigenvalue weighted by molar-refractivity contribution is -0.153. The maximum atomic E-state index is 11.9. The number of piperidine rings is 1. The summed E-state index contributed by atoms with van der Waals surface area (Å²) in [7, 11) is 0. The van der Waals surface area contributed by atoms with E-state index in [0.717, 1.165) is 36.1 Å². The van der Waals surface area contributed by atoms with Crippen molar-refractivity contribution < 1.29 is 14.6 Å². The Bertz CT molecular complexity index is 607. The Balaban J connectivity index is 2.47. The van der Waals surface area contributed by atoms with Crippen LogP contribution in [0.3, 0.4) is 0 Å². The second-order valence-corrected chi connectivity index (χ2v) is 8.36. The molecule has 1 aromatic rings. The zero-order chi connectivity index (χ0) is 18.1. The molecular weight excluding hydrogens is 372 g/mol. The largest absolute Gasteiger partial charge is 0.479 e. The molecular formula is C18H27BrN2O3. The average molecular weight is 399 g/mol. The van der Waals surface area contributed by atoms with Gasteiger partial charge >= 0.3 is 5.97 Å². The molecule has 1 aliphatic heterocycles. The van der Waals surface area contributed by atoms with Crippen LogP contribution in [0.2, 0.25) is 0 Å². The van der Waals surface area contributed by atoms with Gasteiger partial charge in [0, 0.05) is 30.5 Å². The number of aromatic nitrogens is 1. The van der Waals surface area contributed by atoms with Gasteiger partial charge in [-0.05, 0) is 55.0 Å². The lowest BCUT2D eigenvalue weighted by Crippen LogP contribution is -2.38. The molecule has 0 spiro atoms. The molecule has 0 aliphatic carbocycles. The van der Waals surface area contributed by atoms with Crippen LogP contribution in [0, 0.1) is 12.3 Å². The fourth-order valence-electron chi connectivity index (χ4n) is 3.08. The molecule has 0 bridgehead atoms. The minimum atomic E-state index is -1.01. The number of anilines is 1. The van der Waals surface area contributed by atoms with E-state index in [9.17, 15) is 9.90 Å². The highest BCUT2D eigenvalue weighted by molar-refractivity contribution is 9.10. The van der Waals surface area contributed by atoms with Crippen LogP contribution in [0.1, 0.15) is 57.9 Å². The SMILES string of the molecule is Cc1ncc(Br)c(N2CCC(C)(C)CC2)c1[C@H](OC(C)C)C(=O)O. The van der Waals surface area contributed by atoms with Crippen LogP contribution in [-0.2, 0) is 9.53 Å². The van der Waals surface area contributed by atoms with Gasteiger partial charge in [0.25, 0.3) is 0 Å². The Morgan fingerprint density at radius 2 is 1.96 bits per heavy atom. The third kappa shape index (κ3) is 4.28. The van der Waals surface area contributed by atoms with Gasteiger partial charge in [0.05, 0.1) is 16.3 Å². The van der Waals surface area contributed by atoms with Crippen LogP contribution in [0.5, 0.6) is 0 Å². The van der Waals surface area contributed by atoms with Gasteiger partial charge in [0.1, 0.15) is 0 Å². The van der Waals surface area contributed by atoms with Crippen molar-refractivity contribution in [3.63, 3.8) is 0 Å². The summed E-state index contributed by atoms with van der Waals surface area (Å²) in [6.07, 6.45) is 2.70. The van der Waals surface area contributed by atoms with E-state index < -0.39 is 12.1 Å². The van der Waals surface area contributed by atoms with Crippen molar-refractivity contribution in [1.29, 1.82) is 0 Å². The summed E-state index contributed by atoms with van der Waals surface area (Å²) in [4.78, 5) is 18.5. The van der Waals surface area contributed by atoms with Gasteiger partial charge < -0.3 is 14.7 Å². The van der Waals surface area contributed by atoms with Crippen molar-refractivity contribution in [2.24, 2.45) is 5.41 Å². The highest BCUT2D eigenvalue weighted by Gasteiger charge is 2.33. The number of carbonyl (C=O) groups is 1. The van der Waals surface area contributed by atoms with Crippen molar-refractivity contribution in [2.45, 2.75) is 59.7 Å². The number of aliphatic carboxylic acids is 1. The lowest BCUT2D eigenvalue weighted by atomic mass is 9.82. The first-order chi connectivity index (χ1) is 11.1. The number of ether oxygens (including phenoxy) is 1. The van der Waals surface area contributed by atoms with Crippen molar-refractivity contribution in [3.05, 3.63) is 21.9 Å². The molecule has 1 fully saturated rings. The zero-order valence-electron chi connectivity index (χ0n) is 15.1. The molecule has 1 N–H and O–H groups in total. The maximum absolute atomic E-state index is 11.9. The van der Waals surface area contributed by atoms with E-state index in [1.54, 1.807) is 6.20 Å². The second kappa shape index (κ2) is 7.40. The zero-order valence-corrected chi connectivity index (χ0v) is 16.7. The summed E-state index contributed by atoms with van der Waals surface area (Å²) in [6.45, 7) is 11.9. The van der Waals surface area contributed by atoms with Gasteiger partial charge in [-0.2, -0.15) is 0 Å². The average Bonchev–Trinajstić information content (AvgIpc) is 2.47. The molecule has 0 saturated carbocycles. The number of rotatable bonds is 5. The Kier molecular flexibility index (Phi) is 5.91. The van der Waals surface area contributed by atoms with Crippen LogP contribution in [-0.4, -0.2) is 35.3 Å². The van der Waals surface area contributed by atoms with E-state index in [4.69, 9.17) is 4.74 Å². The molecule has 0 unspecified atom stereocenters. The van der Waals surface area contributed by atoms with Gasteiger partial charge in [-0.25, -0.2) is 4.79 Å². The number of hydrogen-bond donors (Lipinski definition) is 1. The van der Waals surface area contributed by atoms with E-state index in [2.05, 4.69) is 39.7 Å². The monoisotopic (exact) mass is 398 g/mol. The maximum Gasteiger partial charge on any atom is 0.337 e. The molecule has 0 aromatic carbocycles. The summed E-state index contributed by atoms with van der Waals surface area (Å²) in [6, 6.07) is 0. The Hall–Kier alpha value is -1.14. The van der Waals surface area contributed by atoms with E-state index in [1.165, 1.54) is 0 Å². The van der Waals surface area contributed by atoms with Crippen LogP contribution in [0.4, 0.5) is 5.69 Å². The molecule has 1 aliphatic rings. The summed E-state index contributed by atoms with van der Waals surface area (Å²) in [5, 5.41) is 9.71. The third-order valence-corrected chi connectivity index (χ3v) is 5.15. The van der Waals surface area contributed by atoms with E-state index in [0.29, 0.717) is 16.7 Å². The summed E-state index contributed by atoms with van der Waals surface area (Å²) in [5.41, 5.74) is 2.59. The Labute approximate surface area is 152 Å². The van der Waals surface area contributed by atoms with Crippen molar-refractivity contribution >= 4 is 27.6 Å². The number of hydrogen-bond acceptors (Lipinski definition) is 4. The number of carboxylic acid groups (broad SMARTS) is 1. The predicted octanol–water partition coefficient (Wildman–Crippen LogP) is 4.33. The highest BCUT2D eigenvalue weighted by Crippen LogP contribution is 2.41. The lowest BCUT2D eigenvalue weighted by Gasteiger charge is -2.40. The minimum Gasteiger partial charge on any atom is -0.479 e. The van der Waals surface area contributed by atoms with Crippen LogP contribution < -0.4 is 4.90 Å². The molecule has 2 rings (SSSR count). The number of aryl methyl sites for hydroxylation is 1. The normalized spacial score (nSPS) is 18.7. The van der Waals surface area contributed by atoms with Crippen LogP contribution in [0.15, 0.2) is 10.7 Å². The van der Waals surface area contributed by atoms with Crippen molar-refractivity contribution in [3.8, 4) is 0 Å². The predicted molar refractivity (Wildman–Crippen MR) is 98.5 cm³/mol. The Morgan fingerprint density at radius 3 is 2.46 bits per heavy atom. The first-order valence-corrected chi connectivity index (χ1v) is 9.20. The summed E-state index contributed by atoms with van der Waals surface area (Å²) >= 11 is 3.58. The topological polar surface area (TPSA) is 62.7 Å². The van der Waals surface area contributed by atoms with E-state index >= 15 is 0 Å². The van der Waals surface area contributed by atoms with Gasteiger partial charge in [-0.3, -0.25) is 4.98 Å². The molecule has 0 radical (unpaired) electrons. The molecule has 1 aromatic heterocycles. The van der Waals surface area contributed by atoms with Gasteiger partial charge in [0.2, 0.25) is 0 Å². The highest BCUT2D eigenvalue weighted by atomic mass is 79.9. The molecule has 1 saturated heterocycles. The molecule has 24 heavy (non-hydrogen) atoms. The third-order valence-electron chi connectivity index (χ3n) is 4.57. The Morgan fingerprint density at radius 1 is 1.38 bits per heavy atom.